The van der Waals surface area contributed by atoms with Gasteiger partial charge in [0, 0.05) is 26.2 Å². The molecule has 1 atom stereocenters. The molecule has 0 aliphatic carbocycles. The molecule has 0 aromatic carbocycles. The summed E-state index contributed by atoms with van der Waals surface area (Å²) in [4.78, 5) is 2.48. The van der Waals surface area contributed by atoms with Gasteiger partial charge in [0.05, 0.1) is 18.8 Å². The van der Waals surface area contributed by atoms with Gasteiger partial charge in [-0.25, -0.2) is 0 Å². The Morgan fingerprint density at radius 2 is 2.00 bits per heavy atom. The average Bonchev–Trinajstić information content (AvgIpc) is 2.35. The van der Waals surface area contributed by atoms with E-state index in [-0.39, 0.29) is 5.60 Å². The maximum atomic E-state index is 5.45. The molecule has 108 valence electrons. The van der Waals surface area contributed by atoms with Gasteiger partial charge in [-0.3, -0.25) is 4.90 Å². The Morgan fingerprint density at radius 1 is 1.33 bits per heavy atom. The van der Waals surface area contributed by atoms with E-state index in [1.54, 1.807) is 7.11 Å². The van der Waals surface area contributed by atoms with Crippen molar-refractivity contribution in [3.05, 3.63) is 0 Å². The van der Waals surface area contributed by atoms with Crippen LogP contribution < -0.4 is 5.32 Å². The number of morpholine rings is 1. The zero-order valence-corrected chi connectivity index (χ0v) is 12.5. The van der Waals surface area contributed by atoms with E-state index in [0.717, 1.165) is 39.3 Å². The molecule has 0 aromatic rings. The van der Waals surface area contributed by atoms with Gasteiger partial charge < -0.3 is 14.8 Å². The second-order valence-electron chi connectivity index (χ2n) is 5.83. The fourth-order valence-corrected chi connectivity index (χ4v) is 2.37. The largest absolute Gasteiger partial charge is 0.379 e. The van der Waals surface area contributed by atoms with E-state index >= 15 is 0 Å². The Hall–Kier alpha value is -0.160. The first kappa shape index (κ1) is 15.9. The van der Waals surface area contributed by atoms with Crippen LogP contribution in [0.25, 0.3) is 0 Å². The molecule has 1 rings (SSSR count). The highest BCUT2D eigenvalue weighted by atomic mass is 16.5. The third-order valence-electron chi connectivity index (χ3n) is 3.60. The van der Waals surface area contributed by atoms with E-state index in [1.807, 2.05) is 0 Å². The van der Waals surface area contributed by atoms with Crippen molar-refractivity contribution in [3.8, 4) is 0 Å². The quantitative estimate of drug-likeness (QED) is 0.669. The number of rotatable bonds is 8. The van der Waals surface area contributed by atoms with Crippen LogP contribution in [-0.4, -0.2) is 63.0 Å². The van der Waals surface area contributed by atoms with Gasteiger partial charge in [0.1, 0.15) is 0 Å². The second kappa shape index (κ2) is 8.10. The molecule has 0 spiro atoms. The molecule has 4 nitrogen and oxygen atoms in total. The number of nitrogens with one attached hydrogen (secondary N) is 1. The van der Waals surface area contributed by atoms with Crippen molar-refractivity contribution in [3.63, 3.8) is 0 Å². The molecule has 0 amide bonds. The molecule has 1 unspecified atom stereocenters. The summed E-state index contributed by atoms with van der Waals surface area (Å²) in [7, 11) is 1.78. The standard InChI is InChI=1S/C14H30N2O2/c1-13(12-14(2,3)17-4)15-6-5-7-16-8-10-18-11-9-16/h13,15H,5-12H2,1-4H3. The Bertz CT molecular complexity index is 216. The Morgan fingerprint density at radius 3 is 2.61 bits per heavy atom. The van der Waals surface area contributed by atoms with E-state index in [1.165, 1.54) is 13.0 Å². The molecule has 0 saturated carbocycles. The molecule has 1 aliphatic rings. The first-order valence-corrected chi connectivity index (χ1v) is 7.12. The predicted molar refractivity (Wildman–Crippen MR) is 75.0 cm³/mol. The lowest BCUT2D eigenvalue weighted by atomic mass is 10.00. The Labute approximate surface area is 112 Å². The van der Waals surface area contributed by atoms with Crippen LogP contribution >= 0.6 is 0 Å². The second-order valence-corrected chi connectivity index (χ2v) is 5.83. The Balaban J connectivity index is 2.02. The summed E-state index contributed by atoms with van der Waals surface area (Å²) in [6.45, 7) is 12.7. The van der Waals surface area contributed by atoms with Crippen molar-refractivity contribution in [2.24, 2.45) is 0 Å². The van der Waals surface area contributed by atoms with Gasteiger partial charge >= 0.3 is 0 Å². The van der Waals surface area contributed by atoms with Crippen LogP contribution in [0, 0.1) is 0 Å². The lowest BCUT2D eigenvalue weighted by Crippen LogP contribution is -2.39. The molecule has 0 aromatic heterocycles. The minimum absolute atomic E-state index is 0.0311. The van der Waals surface area contributed by atoms with Crippen molar-refractivity contribution >= 4 is 0 Å². The van der Waals surface area contributed by atoms with Crippen molar-refractivity contribution in [2.45, 2.75) is 45.3 Å². The summed E-state index contributed by atoms with van der Waals surface area (Å²) in [6.07, 6.45) is 2.25. The van der Waals surface area contributed by atoms with Crippen LogP contribution in [0.5, 0.6) is 0 Å². The molecule has 1 saturated heterocycles. The summed E-state index contributed by atoms with van der Waals surface area (Å²) in [6, 6.07) is 0.504. The number of methoxy groups -OCH3 is 1. The highest BCUT2D eigenvalue weighted by Gasteiger charge is 2.19. The van der Waals surface area contributed by atoms with Gasteiger partial charge in [0.25, 0.3) is 0 Å². The van der Waals surface area contributed by atoms with Crippen molar-refractivity contribution < 1.29 is 9.47 Å². The zero-order chi connectivity index (χ0) is 13.4. The molecular weight excluding hydrogens is 228 g/mol. The van der Waals surface area contributed by atoms with E-state index < -0.39 is 0 Å². The summed E-state index contributed by atoms with van der Waals surface area (Å²) in [5.74, 6) is 0. The average molecular weight is 258 g/mol. The number of hydrogen-bond acceptors (Lipinski definition) is 4. The van der Waals surface area contributed by atoms with Crippen LogP contribution in [0.2, 0.25) is 0 Å². The minimum atomic E-state index is -0.0311. The summed E-state index contributed by atoms with van der Waals surface area (Å²) in [5.41, 5.74) is -0.0311. The highest BCUT2D eigenvalue weighted by molar-refractivity contribution is 4.75. The van der Waals surface area contributed by atoms with Crippen LogP contribution in [0.1, 0.15) is 33.6 Å². The lowest BCUT2D eigenvalue weighted by molar-refractivity contribution is 0.00835. The Kier molecular flexibility index (Phi) is 7.15. The lowest BCUT2D eigenvalue weighted by Gasteiger charge is -2.28. The van der Waals surface area contributed by atoms with Crippen molar-refractivity contribution in [1.82, 2.24) is 10.2 Å². The molecule has 0 radical (unpaired) electrons. The molecule has 1 N–H and O–H groups in total. The number of nitrogens with zero attached hydrogens (tertiary/aromatic N) is 1. The first-order valence-electron chi connectivity index (χ1n) is 7.12. The van der Waals surface area contributed by atoms with Gasteiger partial charge in [-0.05, 0) is 46.7 Å². The molecule has 0 bridgehead atoms. The maximum absolute atomic E-state index is 5.45. The number of hydrogen-bond donors (Lipinski definition) is 1. The molecule has 1 fully saturated rings. The van der Waals surface area contributed by atoms with Gasteiger partial charge in [0.15, 0.2) is 0 Å². The SMILES string of the molecule is COC(C)(C)CC(C)NCCCN1CCOCC1. The van der Waals surface area contributed by atoms with Crippen LogP contribution in [0.4, 0.5) is 0 Å². The van der Waals surface area contributed by atoms with Gasteiger partial charge in [-0.1, -0.05) is 0 Å². The monoisotopic (exact) mass is 258 g/mol. The third-order valence-corrected chi connectivity index (χ3v) is 3.60. The normalized spacial score (nSPS) is 20.0. The van der Waals surface area contributed by atoms with Gasteiger partial charge in [-0.2, -0.15) is 0 Å². The van der Waals surface area contributed by atoms with E-state index in [2.05, 4.69) is 31.0 Å². The van der Waals surface area contributed by atoms with E-state index in [9.17, 15) is 0 Å². The summed E-state index contributed by atoms with van der Waals surface area (Å²) >= 11 is 0. The zero-order valence-electron chi connectivity index (χ0n) is 12.5. The van der Waals surface area contributed by atoms with Gasteiger partial charge in [0.2, 0.25) is 0 Å². The minimum Gasteiger partial charge on any atom is -0.379 e. The molecule has 1 heterocycles. The molecule has 4 heteroatoms. The number of ether oxygens (including phenoxy) is 2. The van der Waals surface area contributed by atoms with Crippen LogP contribution in [0.15, 0.2) is 0 Å². The van der Waals surface area contributed by atoms with Crippen molar-refractivity contribution in [2.75, 3.05) is 46.5 Å². The fourth-order valence-electron chi connectivity index (χ4n) is 2.37. The molecule has 1 aliphatic heterocycles. The van der Waals surface area contributed by atoms with Crippen molar-refractivity contribution in [1.29, 1.82) is 0 Å². The topological polar surface area (TPSA) is 33.7 Å². The molecule has 18 heavy (non-hydrogen) atoms. The van der Waals surface area contributed by atoms with E-state index in [0.29, 0.717) is 6.04 Å². The summed E-state index contributed by atoms with van der Waals surface area (Å²) in [5, 5.41) is 3.57. The fraction of sp³-hybridized carbons (Fsp3) is 1.00. The van der Waals surface area contributed by atoms with E-state index in [4.69, 9.17) is 9.47 Å². The predicted octanol–water partition coefficient (Wildman–Crippen LogP) is 1.50. The highest BCUT2D eigenvalue weighted by Crippen LogP contribution is 2.15. The smallest absolute Gasteiger partial charge is 0.0637 e. The maximum Gasteiger partial charge on any atom is 0.0637 e. The van der Waals surface area contributed by atoms with Crippen LogP contribution in [-0.2, 0) is 9.47 Å². The summed E-state index contributed by atoms with van der Waals surface area (Å²) < 4.78 is 10.8. The first-order chi connectivity index (χ1) is 8.53. The van der Waals surface area contributed by atoms with Gasteiger partial charge in [-0.15, -0.1) is 0 Å². The molecular formula is C14H30N2O2. The van der Waals surface area contributed by atoms with Crippen LogP contribution in [0.3, 0.4) is 0 Å². The third kappa shape index (κ3) is 6.69.